The van der Waals surface area contributed by atoms with E-state index in [4.69, 9.17) is 4.42 Å². The molecule has 5 heteroatoms. The predicted molar refractivity (Wildman–Crippen MR) is 76.1 cm³/mol. The Balaban J connectivity index is 1.57. The van der Waals surface area contributed by atoms with Gasteiger partial charge >= 0.3 is 0 Å². The first-order chi connectivity index (χ1) is 9.72. The lowest BCUT2D eigenvalue weighted by atomic mass is 10.1. The molecule has 2 aromatic rings. The highest BCUT2D eigenvalue weighted by Crippen LogP contribution is 2.25. The van der Waals surface area contributed by atoms with Gasteiger partial charge in [0.25, 0.3) is 0 Å². The van der Waals surface area contributed by atoms with Crippen LogP contribution in [0.1, 0.15) is 30.6 Å². The van der Waals surface area contributed by atoms with Gasteiger partial charge in [-0.05, 0) is 50.8 Å². The highest BCUT2D eigenvalue weighted by Gasteiger charge is 2.22. The molecule has 0 saturated heterocycles. The lowest BCUT2D eigenvalue weighted by molar-refractivity contribution is 0.177. The van der Waals surface area contributed by atoms with Gasteiger partial charge in [-0.1, -0.05) is 0 Å². The van der Waals surface area contributed by atoms with Gasteiger partial charge in [-0.25, -0.2) is 0 Å². The first kappa shape index (κ1) is 13.4. The number of aliphatic hydroxyl groups is 1. The summed E-state index contributed by atoms with van der Waals surface area (Å²) in [5, 5.41) is 20.1. The molecule has 2 atom stereocenters. The number of furan rings is 1. The van der Waals surface area contributed by atoms with E-state index in [2.05, 4.69) is 15.5 Å². The van der Waals surface area contributed by atoms with Crippen molar-refractivity contribution >= 4 is 0 Å². The molecule has 0 aliphatic heterocycles. The van der Waals surface area contributed by atoms with Crippen LogP contribution in [0.2, 0.25) is 0 Å². The highest BCUT2D eigenvalue weighted by atomic mass is 16.3. The second-order valence-electron chi connectivity index (χ2n) is 5.64. The van der Waals surface area contributed by atoms with Gasteiger partial charge in [-0.15, -0.1) is 0 Å². The fourth-order valence-corrected chi connectivity index (χ4v) is 2.87. The van der Waals surface area contributed by atoms with E-state index in [1.165, 1.54) is 0 Å². The van der Waals surface area contributed by atoms with E-state index in [1.807, 2.05) is 25.3 Å². The lowest BCUT2D eigenvalue weighted by Crippen LogP contribution is -2.21. The molecule has 1 fully saturated rings. The van der Waals surface area contributed by atoms with Gasteiger partial charge in [-0.3, -0.25) is 5.10 Å². The van der Waals surface area contributed by atoms with Crippen molar-refractivity contribution in [2.75, 3.05) is 6.54 Å². The molecule has 3 rings (SSSR count). The molecule has 2 heterocycles. The Hall–Kier alpha value is -1.59. The van der Waals surface area contributed by atoms with E-state index in [9.17, 15) is 5.11 Å². The molecule has 3 N–H and O–H groups in total. The lowest BCUT2D eigenvalue weighted by Gasteiger charge is -2.10. The number of hydrogen-bond acceptors (Lipinski definition) is 4. The summed E-state index contributed by atoms with van der Waals surface area (Å²) in [6.07, 6.45) is 4.71. The Morgan fingerprint density at radius 2 is 2.35 bits per heavy atom. The molecule has 1 aliphatic rings. The number of nitrogens with zero attached hydrogens (tertiary/aromatic N) is 1. The van der Waals surface area contributed by atoms with Gasteiger partial charge in [0.1, 0.15) is 11.5 Å². The maximum absolute atomic E-state index is 9.52. The van der Waals surface area contributed by atoms with E-state index < -0.39 is 0 Å². The summed E-state index contributed by atoms with van der Waals surface area (Å²) >= 11 is 0. The van der Waals surface area contributed by atoms with E-state index in [0.717, 1.165) is 55.1 Å². The number of aromatic amines is 1. The molecule has 1 aliphatic carbocycles. The fraction of sp³-hybridized carbons (Fsp3) is 0.533. The number of aromatic nitrogens is 2. The van der Waals surface area contributed by atoms with Crippen LogP contribution in [-0.2, 0) is 6.54 Å². The zero-order chi connectivity index (χ0) is 13.9. The maximum atomic E-state index is 9.52. The van der Waals surface area contributed by atoms with Gasteiger partial charge in [0.15, 0.2) is 5.76 Å². The van der Waals surface area contributed by atoms with Crippen molar-refractivity contribution in [2.24, 2.45) is 5.92 Å². The summed E-state index contributed by atoms with van der Waals surface area (Å²) in [7, 11) is 0. The Bertz CT molecular complexity index is 561. The molecule has 0 amide bonds. The van der Waals surface area contributed by atoms with Gasteiger partial charge < -0.3 is 14.8 Å². The first-order valence-corrected chi connectivity index (χ1v) is 7.20. The summed E-state index contributed by atoms with van der Waals surface area (Å²) in [4.78, 5) is 0. The SMILES string of the molecule is Cc1ccc(-c2[nH]ncc2CNCC2CCC(O)C2)o1. The van der Waals surface area contributed by atoms with Crippen molar-refractivity contribution in [1.82, 2.24) is 15.5 Å². The average molecular weight is 275 g/mol. The molecule has 5 nitrogen and oxygen atoms in total. The monoisotopic (exact) mass is 275 g/mol. The molecule has 2 aromatic heterocycles. The standard InChI is InChI=1S/C15H21N3O2/c1-10-2-5-14(20-10)15-12(9-17-18-15)8-16-7-11-3-4-13(19)6-11/h2,5,9,11,13,16,19H,3-4,6-8H2,1H3,(H,17,18). The summed E-state index contributed by atoms with van der Waals surface area (Å²) in [6.45, 7) is 3.64. The molecule has 0 radical (unpaired) electrons. The van der Waals surface area contributed by atoms with Crippen LogP contribution in [0.25, 0.3) is 11.5 Å². The van der Waals surface area contributed by atoms with Gasteiger partial charge in [0, 0.05) is 12.1 Å². The highest BCUT2D eigenvalue weighted by molar-refractivity contribution is 5.56. The Labute approximate surface area is 118 Å². The Morgan fingerprint density at radius 3 is 3.05 bits per heavy atom. The molecule has 20 heavy (non-hydrogen) atoms. The van der Waals surface area contributed by atoms with Crippen molar-refractivity contribution in [3.8, 4) is 11.5 Å². The third-order valence-electron chi connectivity index (χ3n) is 3.97. The molecule has 0 bridgehead atoms. The van der Waals surface area contributed by atoms with Crippen molar-refractivity contribution < 1.29 is 9.52 Å². The van der Waals surface area contributed by atoms with E-state index in [1.54, 1.807) is 0 Å². The predicted octanol–water partition coefficient (Wildman–Crippen LogP) is 2.23. The van der Waals surface area contributed by atoms with Crippen molar-refractivity contribution in [1.29, 1.82) is 0 Å². The number of H-pyrrole nitrogens is 1. The van der Waals surface area contributed by atoms with Crippen LogP contribution in [0.4, 0.5) is 0 Å². The second-order valence-corrected chi connectivity index (χ2v) is 5.64. The molecule has 0 aromatic carbocycles. The normalized spacial score (nSPS) is 22.5. The third kappa shape index (κ3) is 2.94. The Morgan fingerprint density at radius 1 is 1.45 bits per heavy atom. The molecular weight excluding hydrogens is 254 g/mol. The summed E-state index contributed by atoms with van der Waals surface area (Å²) in [6, 6.07) is 3.91. The second kappa shape index (κ2) is 5.81. The quantitative estimate of drug-likeness (QED) is 0.782. The first-order valence-electron chi connectivity index (χ1n) is 7.20. The van der Waals surface area contributed by atoms with Gasteiger partial charge in [0.2, 0.25) is 0 Å². The molecule has 108 valence electrons. The average Bonchev–Trinajstić information content (AvgIpc) is 3.11. The molecule has 1 saturated carbocycles. The van der Waals surface area contributed by atoms with Crippen LogP contribution in [0.15, 0.2) is 22.7 Å². The van der Waals surface area contributed by atoms with E-state index in [-0.39, 0.29) is 6.10 Å². The van der Waals surface area contributed by atoms with Gasteiger partial charge in [-0.2, -0.15) is 5.10 Å². The number of aliphatic hydroxyl groups excluding tert-OH is 1. The molecule has 0 spiro atoms. The van der Waals surface area contributed by atoms with E-state index >= 15 is 0 Å². The number of hydrogen-bond donors (Lipinski definition) is 3. The minimum absolute atomic E-state index is 0.0996. The van der Waals surface area contributed by atoms with Crippen LogP contribution in [-0.4, -0.2) is 28.0 Å². The topological polar surface area (TPSA) is 74.1 Å². The van der Waals surface area contributed by atoms with Crippen LogP contribution in [0.3, 0.4) is 0 Å². The molecule has 2 unspecified atom stereocenters. The van der Waals surface area contributed by atoms with Gasteiger partial charge in [0.05, 0.1) is 12.3 Å². The maximum Gasteiger partial charge on any atom is 0.152 e. The summed E-state index contributed by atoms with van der Waals surface area (Å²) in [5.74, 6) is 2.31. The third-order valence-corrected chi connectivity index (χ3v) is 3.97. The van der Waals surface area contributed by atoms with Crippen molar-refractivity contribution in [2.45, 2.75) is 38.8 Å². The zero-order valence-electron chi connectivity index (χ0n) is 11.7. The summed E-state index contributed by atoms with van der Waals surface area (Å²) in [5.41, 5.74) is 2.05. The number of rotatable bonds is 5. The smallest absolute Gasteiger partial charge is 0.152 e. The molecular formula is C15H21N3O2. The fourth-order valence-electron chi connectivity index (χ4n) is 2.87. The van der Waals surface area contributed by atoms with Crippen LogP contribution in [0.5, 0.6) is 0 Å². The minimum atomic E-state index is -0.0996. The number of nitrogens with one attached hydrogen (secondary N) is 2. The van der Waals surface area contributed by atoms with Crippen molar-refractivity contribution in [3.63, 3.8) is 0 Å². The van der Waals surface area contributed by atoms with Crippen LogP contribution >= 0.6 is 0 Å². The largest absolute Gasteiger partial charge is 0.460 e. The number of aryl methyl sites for hydroxylation is 1. The minimum Gasteiger partial charge on any atom is -0.460 e. The summed E-state index contributed by atoms with van der Waals surface area (Å²) < 4.78 is 5.63. The Kier molecular flexibility index (Phi) is 3.89. The van der Waals surface area contributed by atoms with E-state index in [0.29, 0.717) is 5.92 Å². The van der Waals surface area contributed by atoms with Crippen molar-refractivity contribution in [3.05, 3.63) is 29.7 Å². The zero-order valence-corrected chi connectivity index (χ0v) is 11.7. The van der Waals surface area contributed by atoms with Crippen LogP contribution < -0.4 is 5.32 Å². The van der Waals surface area contributed by atoms with Crippen LogP contribution in [0, 0.1) is 12.8 Å².